The molecule has 0 radical (unpaired) electrons. The van der Waals surface area contributed by atoms with Crippen LogP contribution in [0.3, 0.4) is 0 Å². The van der Waals surface area contributed by atoms with Crippen molar-refractivity contribution in [3.8, 4) is 6.07 Å². The van der Waals surface area contributed by atoms with E-state index in [4.69, 9.17) is 0 Å². The van der Waals surface area contributed by atoms with Crippen LogP contribution in [0.2, 0.25) is 0 Å². The van der Waals surface area contributed by atoms with Gasteiger partial charge >= 0.3 is 0 Å². The Morgan fingerprint density at radius 2 is 1.55 bits per heavy atom. The highest BCUT2D eigenvalue weighted by atomic mass is 16.1. The van der Waals surface area contributed by atoms with Gasteiger partial charge in [-0.25, -0.2) is 0 Å². The molecule has 6 nitrogen and oxygen atoms in total. The summed E-state index contributed by atoms with van der Waals surface area (Å²) in [5.74, 6) is 0.776. The summed E-state index contributed by atoms with van der Waals surface area (Å²) in [7, 11) is 0. The number of hydrogen-bond donors (Lipinski definition) is 1. The van der Waals surface area contributed by atoms with Gasteiger partial charge in [0.1, 0.15) is 6.07 Å². The molecular formula is C34H39N5O. The van der Waals surface area contributed by atoms with Gasteiger partial charge in [-0.05, 0) is 85.0 Å². The van der Waals surface area contributed by atoms with Crippen LogP contribution in [0.5, 0.6) is 0 Å². The molecule has 2 fully saturated rings. The second kappa shape index (κ2) is 11.3. The number of aryl methyl sites for hydroxylation is 2. The van der Waals surface area contributed by atoms with E-state index in [9.17, 15) is 10.1 Å². The highest BCUT2D eigenvalue weighted by Gasteiger charge is 2.26. The summed E-state index contributed by atoms with van der Waals surface area (Å²) in [4.78, 5) is 19.3. The van der Waals surface area contributed by atoms with Crippen molar-refractivity contribution in [2.45, 2.75) is 46.1 Å². The first-order chi connectivity index (χ1) is 19.5. The van der Waals surface area contributed by atoms with Gasteiger partial charge in [0.05, 0.1) is 29.0 Å². The molecule has 0 atom stereocenters. The molecule has 3 aromatic rings. The maximum Gasteiger partial charge on any atom is 0.228 e. The Labute approximate surface area is 238 Å². The highest BCUT2D eigenvalue weighted by molar-refractivity contribution is 6.03. The monoisotopic (exact) mass is 533 g/mol. The van der Waals surface area contributed by atoms with Gasteiger partial charge in [0.25, 0.3) is 0 Å². The minimum absolute atomic E-state index is 0.0987. The van der Waals surface area contributed by atoms with Crippen molar-refractivity contribution in [3.05, 3.63) is 88.0 Å². The lowest BCUT2D eigenvalue weighted by Gasteiger charge is -2.37. The molecule has 6 heteroatoms. The summed E-state index contributed by atoms with van der Waals surface area (Å²) < 4.78 is 0. The minimum atomic E-state index is 0.0987. The van der Waals surface area contributed by atoms with E-state index in [1.165, 1.54) is 27.9 Å². The average Bonchev–Trinajstić information content (AvgIpc) is 3.37. The quantitative estimate of drug-likeness (QED) is 0.457. The fourth-order valence-electron chi connectivity index (χ4n) is 6.76. The average molecular weight is 534 g/mol. The fourth-order valence-corrected chi connectivity index (χ4v) is 6.76. The molecule has 0 unspecified atom stereocenters. The Morgan fingerprint density at radius 1 is 0.850 bits per heavy atom. The van der Waals surface area contributed by atoms with E-state index in [2.05, 4.69) is 76.3 Å². The number of piperazine rings is 1. The smallest absolute Gasteiger partial charge is 0.228 e. The first-order valence-corrected chi connectivity index (χ1v) is 14.7. The predicted molar refractivity (Wildman–Crippen MR) is 162 cm³/mol. The van der Waals surface area contributed by atoms with Crippen LogP contribution in [-0.4, -0.2) is 50.1 Å². The molecule has 6 rings (SSSR count). The van der Waals surface area contributed by atoms with Gasteiger partial charge in [-0.1, -0.05) is 36.4 Å². The van der Waals surface area contributed by atoms with Crippen LogP contribution in [0.4, 0.5) is 17.1 Å². The van der Waals surface area contributed by atoms with Gasteiger partial charge in [0, 0.05) is 45.8 Å². The molecule has 0 saturated carbocycles. The summed E-state index contributed by atoms with van der Waals surface area (Å²) >= 11 is 0. The molecular weight excluding hydrogens is 494 g/mol. The van der Waals surface area contributed by atoms with E-state index in [0.29, 0.717) is 12.3 Å². The summed E-state index contributed by atoms with van der Waals surface area (Å²) in [5.41, 5.74) is 10.9. The molecule has 3 heterocycles. The number of anilines is 3. The standard InChI is InChI=1S/C34H39N5O/c1-24-18-25(2)30(20-29(24)19-26-10-12-38(13-11-26)31-8-4-3-6-28(31)22-35)23-37-14-16-39(17-15-37)32-9-5-7-27-21-33(40)36-34(27)32/h3-9,18,20,26H,10-17,19,21,23H2,1-2H3,(H,36,40). The highest BCUT2D eigenvalue weighted by Crippen LogP contribution is 2.35. The lowest BCUT2D eigenvalue weighted by molar-refractivity contribution is -0.115. The molecule has 2 saturated heterocycles. The van der Waals surface area contributed by atoms with Gasteiger partial charge in [0.15, 0.2) is 0 Å². The van der Waals surface area contributed by atoms with Crippen molar-refractivity contribution < 1.29 is 4.79 Å². The number of hydrogen-bond acceptors (Lipinski definition) is 5. The number of carbonyl (C=O) groups is 1. The third-order valence-electron chi connectivity index (χ3n) is 9.13. The minimum Gasteiger partial charge on any atom is -0.370 e. The van der Waals surface area contributed by atoms with Gasteiger partial charge in [-0.2, -0.15) is 5.26 Å². The maximum absolute atomic E-state index is 11.9. The molecule has 1 amide bonds. The third-order valence-corrected chi connectivity index (χ3v) is 9.13. The number of carbonyl (C=O) groups excluding carboxylic acids is 1. The number of piperidine rings is 1. The molecule has 0 bridgehead atoms. The Kier molecular flexibility index (Phi) is 7.49. The molecule has 1 N–H and O–H groups in total. The predicted octanol–water partition coefficient (Wildman–Crippen LogP) is 5.45. The van der Waals surface area contributed by atoms with Crippen LogP contribution in [0.15, 0.2) is 54.6 Å². The number of benzene rings is 3. The Bertz CT molecular complexity index is 1440. The summed E-state index contributed by atoms with van der Waals surface area (Å²) in [6, 6.07) is 21.5. The van der Waals surface area contributed by atoms with Crippen molar-refractivity contribution >= 4 is 23.0 Å². The molecule has 3 aliphatic rings. The summed E-state index contributed by atoms with van der Waals surface area (Å²) in [6.07, 6.45) is 3.94. The molecule has 40 heavy (non-hydrogen) atoms. The van der Waals surface area contributed by atoms with E-state index in [0.717, 1.165) is 87.6 Å². The number of amides is 1. The fraction of sp³-hybridized carbons (Fsp3) is 0.412. The Hall–Kier alpha value is -3.82. The maximum atomic E-state index is 11.9. The third kappa shape index (κ3) is 5.44. The van der Waals surface area contributed by atoms with Crippen LogP contribution >= 0.6 is 0 Å². The van der Waals surface area contributed by atoms with Crippen molar-refractivity contribution in [1.82, 2.24) is 4.90 Å². The molecule has 3 aromatic carbocycles. The van der Waals surface area contributed by atoms with Crippen LogP contribution in [0.1, 0.15) is 46.2 Å². The van der Waals surface area contributed by atoms with Crippen LogP contribution in [0, 0.1) is 31.1 Å². The van der Waals surface area contributed by atoms with Gasteiger partial charge in [0.2, 0.25) is 5.91 Å². The number of rotatable bonds is 6. The zero-order valence-electron chi connectivity index (χ0n) is 23.7. The van der Waals surface area contributed by atoms with Gasteiger partial charge in [-0.15, -0.1) is 0 Å². The number of para-hydroxylation sites is 2. The number of nitrogens with one attached hydrogen (secondary N) is 1. The van der Waals surface area contributed by atoms with E-state index >= 15 is 0 Å². The molecule has 0 aliphatic carbocycles. The SMILES string of the molecule is Cc1cc(C)c(CN2CCN(c3cccc4c3NC(=O)C4)CC2)cc1CC1CCN(c2ccccc2C#N)CC1. The zero-order valence-corrected chi connectivity index (χ0v) is 23.7. The van der Waals surface area contributed by atoms with Crippen molar-refractivity contribution in [2.75, 3.05) is 54.4 Å². The molecule has 0 spiro atoms. The summed E-state index contributed by atoms with van der Waals surface area (Å²) in [6.45, 7) is 11.5. The van der Waals surface area contributed by atoms with Crippen molar-refractivity contribution in [1.29, 1.82) is 5.26 Å². The van der Waals surface area contributed by atoms with E-state index in [-0.39, 0.29) is 5.91 Å². The van der Waals surface area contributed by atoms with E-state index in [1.807, 2.05) is 18.2 Å². The lowest BCUT2D eigenvalue weighted by Crippen LogP contribution is -2.46. The topological polar surface area (TPSA) is 62.6 Å². The second-order valence-electron chi connectivity index (χ2n) is 11.8. The lowest BCUT2D eigenvalue weighted by atomic mass is 9.86. The second-order valence-corrected chi connectivity index (χ2v) is 11.8. The van der Waals surface area contributed by atoms with Crippen molar-refractivity contribution in [3.63, 3.8) is 0 Å². The van der Waals surface area contributed by atoms with Gasteiger partial charge < -0.3 is 15.1 Å². The molecule has 206 valence electrons. The van der Waals surface area contributed by atoms with E-state index < -0.39 is 0 Å². The van der Waals surface area contributed by atoms with Crippen molar-refractivity contribution in [2.24, 2.45) is 5.92 Å². The number of fused-ring (bicyclic) bond motifs is 1. The van der Waals surface area contributed by atoms with Crippen LogP contribution in [0.25, 0.3) is 0 Å². The Balaban J connectivity index is 1.06. The Morgan fingerprint density at radius 3 is 2.33 bits per heavy atom. The first kappa shape index (κ1) is 26.4. The van der Waals surface area contributed by atoms with Crippen LogP contribution in [-0.2, 0) is 24.2 Å². The van der Waals surface area contributed by atoms with Gasteiger partial charge in [-0.3, -0.25) is 9.69 Å². The van der Waals surface area contributed by atoms with E-state index in [1.54, 1.807) is 0 Å². The first-order valence-electron chi connectivity index (χ1n) is 14.7. The molecule has 0 aromatic heterocycles. The zero-order chi connectivity index (χ0) is 27.6. The number of nitriles is 1. The molecule has 3 aliphatic heterocycles. The number of nitrogens with zero attached hydrogens (tertiary/aromatic N) is 4. The largest absolute Gasteiger partial charge is 0.370 e. The van der Waals surface area contributed by atoms with Crippen LogP contribution < -0.4 is 15.1 Å². The summed E-state index contributed by atoms with van der Waals surface area (Å²) in [5, 5.41) is 12.6. The normalized spacial score (nSPS) is 18.0.